The fourth-order valence-electron chi connectivity index (χ4n) is 3.51. The second-order valence-corrected chi connectivity index (χ2v) is 9.44. The predicted octanol–water partition coefficient (Wildman–Crippen LogP) is 4.12. The van der Waals surface area contributed by atoms with E-state index in [1.54, 1.807) is 6.92 Å². The van der Waals surface area contributed by atoms with Gasteiger partial charge in [0.05, 0.1) is 22.4 Å². The molecule has 1 heterocycles. The van der Waals surface area contributed by atoms with Gasteiger partial charge in [0.15, 0.2) is 0 Å². The molecule has 0 spiro atoms. The van der Waals surface area contributed by atoms with Crippen molar-refractivity contribution in [3.05, 3.63) is 65.5 Å². The molecule has 168 valence electrons. The van der Waals surface area contributed by atoms with Gasteiger partial charge in [-0.25, -0.2) is 12.8 Å². The zero-order chi connectivity index (χ0) is 22.8. The van der Waals surface area contributed by atoms with Crippen LogP contribution in [-0.4, -0.2) is 31.7 Å². The van der Waals surface area contributed by atoms with E-state index in [9.17, 15) is 30.8 Å². The quantitative estimate of drug-likeness (QED) is 0.686. The molecule has 1 amide bonds. The van der Waals surface area contributed by atoms with Crippen LogP contribution in [0.25, 0.3) is 0 Å². The van der Waals surface area contributed by atoms with Crippen LogP contribution in [0.5, 0.6) is 0 Å². The molecule has 0 radical (unpaired) electrons. The highest BCUT2D eigenvalue weighted by Crippen LogP contribution is 2.30. The Morgan fingerprint density at radius 2 is 1.71 bits per heavy atom. The summed E-state index contributed by atoms with van der Waals surface area (Å²) in [6.07, 6.45) is -3.47. The second-order valence-electron chi connectivity index (χ2n) is 7.51. The van der Waals surface area contributed by atoms with E-state index in [-0.39, 0.29) is 23.9 Å². The first-order valence-electron chi connectivity index (χ1n) is 9.72. The van der Waals surface area contributed by atoms with Gasteiger partial charge in [-0.15, -0.1) is 0 Å². The Bertz CT molecular complexity index is 1020. The maximum atomic E-state index is 13.1. The Morgan fingerprint density at radius 3 is 2.29 bits per heavy atom. The van der Waals surface area contributed by atoms with Crippen LogP contribution in [0.1, 0.15) is 36.9 Å². The average Bonchev–Trinajstić information content (AvgIpc) is 2.73. The molecule has 10 heteroatoms. The van der Waals surface area contributed by atoms with Crippen molar-refractivity contribution in [1.29, 1.82) is 0 Å². The normalized spacial score (nSPS) is 19.1. The maximum Gasteiger partial charge on any atom is 0.416 e. The van der Waals surface area contributed by atoms with Crippen molar-refractivity contribution in [2.75, 3.05) is 13.1 Å². The molecule has 0 aromatic heterocycles. The van der Waals surface area contributed by atoms with Crippen LogP contribution < -0.4 is 5.32 Å². The lowest BCUT2D eigenvalue weighted by Crippen LogP contribution is -2.45. The van der Waals surface area contributed by atoms with Crippen molar-refractivity contribution in [1.82, 2.24) is 9.62 Å². The van der Waals surface area contributed by atoms with E-state index in [2.05, 4.69) is 5.32 Å². The molecule has 1 saturated heterocycles. The molecule has 1 aliphatic rings. The number of carbonyl (C=O) groups is 1. The van der Waals surface area contributed by atoms with Gasteiger partial charge in [-0.05, 0) is 61.7 Å². The molecule has 0 aliphatic carbocycles. The zero-order valence-electron chi connectivity index (χ0n) is 16.7. The minimum absolute atomic E-state index is 0.0225. The summed E-state index contributed by atoms with van der Waals surface area (Å²) < 4.78 is 78.0. The molecule has 5 nitrogen and oxygen atoms in total. The fraction of sp³-hybridized carbons (Fsp3) is 0.381. The second kappa shape index (κ2) is 8.96. The zero-order valence-corrected chi connectivity index (χ0v) is 17.5. The van der Waals surface area contributed by atoms with Crippen molar-refractivity contribution in [3.63, 3.8) is 0 Å². The van der Waals surface area contributed by atoms with Gasteiger partial charge in [0.2, 0.25) is 15.9 Å². The molecule has 2 aromatic rings. The number of hydrogen-bond donors (Lipinski definition) is 1. The Morgan fingerprint density at radius 1 is 1.10 bits per heavy atom. The Balaban J connectivity index is 1.66. The molecule has 31 heavy (non-hydrogen) atoms. The number of alkyl halides is 3. The molecule has 3 rings (SSSR count). The van der Waals surface area contributed by atoms with Crippen molar-refractivity contribution in [2.45, 2.75) is 36.9 Å². The lowest BCUT2D eigenvalue weighted by atomic mass is 9.97. The Hall–Kier alpha value is -2.46. The lowest BCUT2D eigenvalue weighted by molar-refractivity contribution is -0.137. The minimum atomic E-state index is -4.44. The number of halogens is 4. The van der Waals surface area contributed by atoms with E-state index in [4.69, 9.17) is 0 Å². The topological polar surface area (TPSA) is 66.5 Å². The lowest BCUT2D eigenvalue weighted by Gasteiger charge is -2.32. The highest BCUT2D eigenvalue weighted by Gasteiger charge is 2.34. The minimum Gasteiger partial charge on any atom is -0.349 e. The maximum absolute atomic E-state index is 13.1. The van der Waals surface area contributed by atoms with E-state index in [0.29, 0.717) is 18.4 Å². The fourth-order valence-corrected chi connectivity index (χ4v) is 5.03. The highest BCUT2D eigenvalue weighted by atomic mass is 32.2. The van der Waals surface area contributed by atoms with Gasteiger partial charge in [-0.2, -0.15) is 17.5 Å². The summed E-state index contributed by atoms with van der Waals surface area (Å²) in [5.74, 6) is -1.51. The molecule has 2 unspecified atom stereocenters. The highest BCUT2D eigenvalue weighted by molar-refractivity contribution is 7.89. The molecule has 1 N–H and O–H groups in total. The first-order chi connectivity index (χ1) is 14.5. The summed E-state index contributed by atoms with van der Waals surface area (Å²) in [5.41, 5.74) is -0.267. The molecular weight excluding hydrogens is 436 g/mol. The third kappa shape index (κ3) is 5.43. The van der Waals surface area contributed by atoms with Gasteiger partial charge in [-0.1, -0.05) is 12.1 Å². The summed E-state index contributed by atoms with van der Waals surface area (Å²) in [6.45, 7) is 1.87. The number of rotatable bonds is 5. The number of nitrogens with one attached hydrogen (secondary N) is 1. The van der Waals surface area contributed by atoms with Gasteiger partial charge >= 0.3 is 6.18 Å². The van der Waals surface area contributed by atoms with Crippen LogP contribution in [0, 0.1) is 11.7 Å². The van der Waals surface area contributed by atoms with Gasteiger partial charge in [0, 0.05) is 13.1 Å². The first kappa shape index (κ1) is 23.2. The van der Waals surface area contributed by atoms with Crippen LogP contribution in [0.2, 0.25) is 0 Å². The van der Waals surface area contributed by atoms with E-state index in [1.807, 2.05) is 0 Å². The summed E-state index contributed by atoms with van der Waals surface area (Å²) in [6, 6.07) is 8.46. The van der Waals surface area contributed by atoms with Crippen molar-refractivity contribution >= 4 is 15.9 Å². The number of benzene rings is 2. The number of nitrogens with zero attached hydrogens (tertiary/aromatic N) is 1. The summed E-state index contributed by atoms with van der Waals surface area (Å²) in [4.78, 5) is 12.7. The van der Waals surface area contributed by atoms with Crippen LogP contribution in [0.3, 0.4) is 0 Å². The predicted molar refractivity (Wildman–Crippen MR) is 106 cm³/mol. The van der Waals surface area contributed by atoms with E-state index in [1.165, 1.54) is 28.6 Å². The summed E-state index contributed by atoms with van der Waals surface area (Å²) >= 11 is 0. The van der Waals surface area contributed by atoms with Crippen molar-refractivity contribution < 1.29 is 30.8 Å². The Kier molecular flexibility index (Phi) is 6.70. The number of hydrogen-bond acceptors (Lipinski definition) is 3. The standard InChI is InChI=1S/C21H22F4N2O3S/c1-14(15-4-6-17(7-5-15)21(23,24)25)26-20(28)16-3-2-12-27(13-16)31(29,30)19-10-8-18(22)9-11-19/h4-11,14,16H,2-3,12-13H2,1H3,(H,26,28). The molecule has 1 aliphatic heterocycles. The summed E-state index contributed by atoms with van der Waals surface area (Å²) in [7, 11) is -3.86. The summed E-state index contributed by atoms with van der Waals surface area (Å²) in [5, 5.41) is 2.75. The van der Waals surface area contributed by atoms with Gasteiger partial charge < -0.3 is 5.32 Å². The molecule has 1 fully saturated rings. The molecule has 2 aromatic carbocycles. The van der Waals surface area contributed by atoms with Crippen LogP contribution in [-0.2, 0) is 21.0 Å². The smallest absolute Gasteiger partial charge is 0.349 e. The third-order valence-electron chi connectivity index (χ3n) is 5.30. The largest absolute Gasteiger partial charge is 0.416 e. The van der Waals surface area contributed by atoms with E-state index < -0.39 is 39.5 Å². The molecule has 0 bridgehead atoms. The van der Waals surface area contributed by atoms with E-state index >= 15 is 0 Å². The number of sulfonamides is 1. The average molecular weight is 458 g/mol. The molecule has 2 atom stereocenters. The van der Waals surface area contributed by atoms with Gasteiger partial charge in [0.1, 0.15) is 5.82 Å². The van der Waals surface area contributed by atoms with Crippen molar-refractivity contribution in [3.8, 4) is 0 Å². The van der Waals surface area contributed by atoms with Gasteiger partial charge in [-0.3, -0.25) is 4.79 Å². The van der Waals surface area contributed by atoms with Crippen LogP contribution in [0.4, 0.5) is 17.6 Å². The Labute approximate surface area is 178 Å². The van der Waals surface area contributed by atoms with E-state index in [0.717, 1.165) is 24.3 Å². The van der Waals surface area contributed by atoms with Crippen molar-refractivity contribution in [2.24, 2.45) is 5.92 Å². The third-order valence-corrected chi connectivity index (χ3v) is 7.18. The number of amides is 1. The van der Waals surface area contributed by atoms with Crippen LogP contribution >= 0.6 is 0 Å². The molecular formula is C21H22F4N2O3S. The number of carbonyl (C=O) groups excluding carboxylic acids is 1. The first-order valence-corrected chi connectivity index (χ1v) is 11.2. The monoisotopic (exact) mass is 458 g/mol. The van der Waals surface area contributed by atoms with Crippen LogP contribution in [0.15, 0.2) is 53.4 Å². The SMILES string of the molecule is CC(NC(=O)C1CCCN(S(=O)(=O)c2ccc(F)cc2)C1)c1ccc(C(F)(F)F)cc1. The van der Waals surface area contributed by atoms with Gasteiger partial charge in [0.25, 0.3) is 0 Å². The number of piperidine rings is 1. The molecule has 0 saturated carbocycles.